The fraction of sp³-hybridized carbons (Fsp3) is 0.172. The molecule has 2 aromatic heterocycles. The van der Waals surface area contributed by atoms with Crippen molar-refractivity contribution in [2.45, 2.75) is 20.4 Å². The first-order chi connectivity index (χ1) is 16.9. The van der Waals surface area contributed by atoms with Crippen LogP contribution < -0.4 is 0 Å². The predicted octanol–water partition coefficient (Wildman–Crippen LogP) is 5.71. The lowest BCUT2D eigenvalue weighted by molar-refractivity contribution is 0.0990. The van der Waals surface area contributed by atoms with Crippen molar-refractivity contribution in [1.29, 1.82) is 0 Å². The van der Waals surface area contributed by atoms with Gasteiger partial charge >= 0.3 is 0 Å². The third kappa shape index (κ3) is 3.33. The molecule has 0 radical (unpaired) electrons. The highest BCUT2D eigenvalue weighted by atomic mass is 16.2. The molecule has 0 atom stereocenters. The normalized spacial score (nSPS) is 13.4. The van der Waals surface area contributed by atoms with E-state index in [2.05, 4.69) is 13.8 Å². The van der Waals surface area contributed by atoms with Crippen molar-refractivity contribution in [2.75, 3.05) is 0 Å². The molecule has 0 aliphatic heterocycles. The van der Waals surface area contributed by atoms with Crippen molar-refractivity contribution in [3.8, 4) is 11.4 Å². The molecule has 0 saturated heterocycles. The molecule has 2 heterocycles. The zero-order chi connectivity index (χ0) is 24.3. The minimum atomic E-state index is -0.253. The van der Waals surface area contributed by atoms with Gasteiger partial charge in [0.2, 0.25) is 0 Å². The highest BCUT2D eigenvalue weighted by molar-refractivity contribution is 6.42. The van der Waals surface area contributed by atoms with Crippen molar-refractivity contribution in [3.05, 3.63) is 89.3 Å². The third-order valence-electron chi connectivity index (χ3n) is 6.52. The number of hydrogen-bond donors (Lipinski definition) is 0. The molecular weight excluding hydrogens is 436 g/mol. The molecule has 6 heteroatoms. The van der Waals surface area contributed by atoms with Crippen molar-refractivity contribution >= 4 is 39.7 Å². The predicted molar refractivity (Wildman–Crippen MR) is 137 cm³/mol. The van der Waals surface area contributed by atoms with Gasteiger partial charge in [-0.05, 0) is 34.9 Å². The van der Waals surface area contributed by atoms with E-state index in [0.717, 1.165) is 33.5 Å². The summed E-state index contributed by atoms with van der Waals surface area (Å²) >= 11 is 0. The van der Waals surface area contributed by atoms with E-state index in [1.807, 2.05) is 82.9 Å². The highest BCUT2D eigenvalue weighted by Gasteiger charge is 2.34. The molecule has 172 valence electrons. The van der Waals surface area contributed by atoms with Gasteiger partial charge in [-0.2, -0.15) is 0 Å². The molecule has 0 unspecified atom stereocenters. The summed E-state index contributed by atoms with van der Waals surface area (Å²) in [5.41, 5.74) is 3.53. The van der Waals surface area contributed by atoms with E-state index >= 15 is 0 Å². The number of ketones is 2. The second-order valence-electron chi connectivity index (χ2n) is 9.44. The summed E-state index contributed by atoms with van der Waals surface area (Å²) in [6, 6.07) is 21.4. The van der Waals surface area contributed by atoms with Crippen molar-refractivity contribution in [1.82, 2.24) is 19.1 Å². The van der Waals surface area contributed by atoms with Crippen LogP contribution in [-0.2, 0) is 13.6 Å². The summed E-state index contributed by atoms with van der Waals surface area (Å²) < 4.78 is 3.97. The fourth-order valence-electron chi connectivity index (χ4n) is 4.83. The number of hydrogen-bond acceptors (Lipinski definition) is 4. The van der Waals surface area contributed by atoms with Gasteiger partial charge in [-0.25, -0.2) is 9.97 Å². The highest BCUT2D eigenvalue weighted by Crippen LogP contribution is 2.32. The minimum absolute atomic E-state index is 0.152. The maximum Gasteiger partial charge on any atom is 0.197 e. The molecule has 0 saturated carbocycles. The smallest absolute Gasteiger partial charge is 0.197 e. The quantitative estimate of drug-likeness (QED) is 0.254. The van der Waals surface area contributed by atoms with Crippen LogP contribution in [0.4, 0.5) is 0 Å². The number of fused-ring (bicyclic) bond motifs is 3. The van der Waals surface area contributed by atoms with Crippen LogP contribution >= 0.6 is 0 Å². The Kier molecular flexibility index (Phi) is 4.78. The first-order valence-corrected chi connectivity index (χ1v) is 11.7. The molecule has 5 aromatic rings. The number of Topliss-reactive ketones (excluding diaryl/α,β-unsaturated/α-hetero) is 2. The van der Waals surface area contributed by atoms with Crippen LogP contribution in [0.5, 0.6) is 0 Å². The van der Waals surface area contributed by atoms with Gasteiger partial charge in [0.25, 0.3) is 0 Å². The Labute approximate surface area is 202 Å². The van der Waals surface area contributed by atoms with Crippen LogP contribution in [0.2, 0.25) is 0 Å². The van der Waals surface area contributed by atoms with Crippen molar-refractivity contribution in [3.63, 3.8) is 0 Å². The number of benzene rings is 3. The largest absolute Gasteiger partial charge is 0.310 e. The number of imidazole rings is 2. The lowest BCUT2D eigenvalue weighted by Crippen LogP contribution is -2.09. The first-order valence-electron chi connectivity index (χ1n) is 11.7. The lowest BCUT2D eigenvalue weighted by atomic mass is 10.0. The van der Waals surface area contributed by atoms with Gasteiger partial charge in [0, 0.05) is 30.3 Å². The molecule has 0 N–H and O–H groups in total. The standard InChI is InChI=1S/C29H24N4O2/c1-17(2)16-33-24(30-28-29(33)31-27(32(28)3)18-9-5-4-6-10-18)15-23-25(34)21-13-19-11-7-8-12-20(19)14-22(21)26(23)35/h4-15,17H,16H2,1-3H3. The summed E-state index contributed by atoms with van der Waals surface area (Å²) in [4.78, 5) is 36.4. The van der Waals surface area contributed by atoms with Crippen molar-refractivity contribution in [2.24, 2.45) is 13.0 Å². The number of aromatic nitrogens is 4. The fourth-order valence-corrected chi connectivity index (χ4v) is 4.83. The molecule has 3 aromatic carbocycles. The molecule has 0 spiro atoms. The third-order valence-corrected chi connectivity index (χ3v) is 6.52. The number of rotatable bonds is 4. The number of carbonyl (C=O) groups excluding carboxylic acids is 2. The Hall–Kier alpha value is -4.32. The van der Waals surface area contributed by atoms with E-state index in [-0.39, 0.29) is 17.1 Å². The van der Waals surface area contributed by atoms with Gasteiger partial charge in [-0.15, -0.1) is 0 Å². The molecular formula is C29H24N4O2. The maximum atomic E-state index is 13.3. The van der Waals surface area contributed by atoms with E-state index in [1.54, 1.807) is 6.08 Å². The van der Waals surface area contributed by atoms with Gasteiger partial charge in [-0.1, -0.05) is 68.4 Å². The molecule has 35 heavy (non-hydrogen) atoms. The van der Waals surface area contributed by atoms with Gasteiger partial charge in [0.15, 0.2) is 22.9 Å². The Morgan fingerprint density at radius 1 is 0.829 bits per heavy atom. The SMILES string of the molecule is CC(C)Cn1c(C=C2C(=O)c3cc4ccccc4cc3C2=O)nc2c1nc(-c1ccccc1)n2C. The number of aryl methyl sites for hydroxylation is 1. The number of nitrogens with zero attached hydrogens (tertiary/aromatic N) is 4. The Balaban J connectivity index is 1.50. The van der Waals surface area contributed by atoms with Crippen LogP contribution in [-0.4, -0.2) is 30.7 Å². The van der Waals surface area contributed by atoms with E-state index in [0.29, 0.717) is 29.4 Å². The Morgan fingerprint density at radius 2 is 1.43 bits per heavy atom. The van der Waals surface area contributed by atoms with Crippen LogP contribution in [0.25, 0.3) is 39.5 Å². The average Bonchev–Trinajstić information content (AvgIpc) is 3.44. The second kappa shape index (κ2) is 7.87. The molecule has 0 fully saturated rings. The Morgan fingerprint density at radius 3 is 2.03 bits per heavy atom. The zero-order valence-corrected chi connectivity index (χ0v) is 19.8. The van der Waals surface area contributed by atoms with Crippen LogP contribution in [0, 0.1) is 5.92 Å². The summed E-state index contributed by atoms with van der Waals surface area (Å²) in [7, 11) is 1.94. The molecule has 6 nitrogen and oxygen atoms in total. The lowest BCUT2D eigenvalue weighted by Gasteiger charge is -2.09. The van der Waals surface area contributed by atoms with Crippen LogP contribution in [0.15, 0.2) is 72.3 Å². The summed E-state index contributed by atoms with van der Waals surface area (Å²) in [6.45, 7) is 4.91. The van der Waals surface area contributed by atoms with E-state index in [9.17, 15) is 9.59 Å². The minimum Gasteiger partial charge on any atom is -0.310 e. The summed E-state index contributed by atoms with van der Waals surface area (Å²) in [5, 5.41) is 1.89. The number of allylic oxidation sites excluding steroid dienone is 1. The van der Waals surface area contributed by atoms with Gasteiger partial charge < -0.3 is 9.13 Å². The number of carbonyl (C=O) groups is 2. The summed E-state index contributed by atoms with van der Waals surface area (Å²) in [6.07, 6.45) is 1.64. The van der Waals surface area contributed by atoms with E-state index < -0.39 is 0 Å². The summed E-state index contributed by atoms with van der Waals surface area (Å²) in [5.74, 6) is 1.21. The monoisotopic (exact) mass is 460 g/mol. The van der Waals surface area contributed by atoms with E-state index in [4.69, 9.17) is 9.97 Å². The van der Waals surface area contributed by atoms with Crippen LogP contribution in [0.3, 0.4) is 0 Å². The van der Waals surface area contributed by atoms with Gasteiger partial charge in [0.05, 0.1) is 5.57 Å². The Bertz CT molecular complexity index is 1630. The molecule has 0 bridgehead atoms. The van der Waals surface area contributed by atoms with Gasteiger partial charge in [0.1, 0.15) is 11.6 Å². The van der Waals surface area contributed by atoms with Crippen molar-refractivity contribution < 1.29 is 9.59 Å². The van der Waals surface area contributed by atoms with Gasteiger partial charge in [-0.3, -0.25) is 9.59 Å². The second-order valence-corrected chi connectivity index (χ2v) is 9.44. The topological polar surface area (TPSA) is 69.8 Å². The maximum absolute atomic E-state index is 13.3. The van der Waals surface area contributed by atoms with Crippen LogP contribution in [0.1, 0.15) is 40.4 Å². The molecule has 6 rings (SSSR count). The molecule has 1 aliphatic carbocycles. The molecule has 1 aliphatic rings. The average molecular weight is 461 g/mol. The van der Waals surface area contributed by atoms with E-state index in [1.165, 1.54) is 0 Å². The molecule has 0 amide bonds. The first kappa shape index (κ1) is 21.2. The zero-order valence-electron chi connectivity index (χ0n) is 19.8.